The van der Waals surface area contributed by atoms with E-state index in [4.69, 9.17) is 4.98 Å². The Balaban J connectivity index is 2.04. The van der Waals surface area contributed by atoms with Crippen molar-refractivity contribution in [2.45, 2.75) is 213 Å². The molecule has 0 amide bonds. The highest BCUT2D eigenvalue weighted by molar-refractivity contribution is 5.10. The fraction of sp³-hybridized carbons (Fsp3) is 0.919. The lowest BCUT2D eigenvalue weighted by molar-refractivity contribution is 0.500. The molecule has 230 valence electrons. The van der Waals surface area contributed by atoms with Crippen LogP contribution in [-0.4, -0.2) is 9.55 Å². The van der Waals surface area contributed by atoms with Gasteiger partial charge in [-0.1, -0.05) is 181 Å². The number of unbranched alkanes of at least 4 members (excludes halogenated alkanes) is 24. The summed E-state index contributed by atoms with van der Waals surface area (Å²) < 4.78 is 2.44. The molecule has 0 bridgehead atoms. The molecule has 0 spiro atoms. The van der Waals surface area contributed by atoms with Crippen molar-refractivity contribution in [2.24, 2.45) is 7.05 Å². The van der Waals surface area contributed by atoms with Crippen molar-refractivity contribution in [2.75, 3.05) is 0 Å². The third-order valence-corrected chi connectivity index (χ3v) is 9.19. The Hall–Kier alpha value is -0.790. The van der Waals surface area contributed by atoms with E-state index in [1.54, 1.807) is 0 Å². The van der Waals surface area contributed by atoms with Gasteiger partial charge >= 0.3 is 0 Å². The van der Waals surface area contributed by atoms with Gasteiger partial charge in [0.1, 0.15) is 5.82 Å². The zero-order valence-corrected chi connectivity index (χ0v) is 27.6. The highest BCUT2D eigenvalue weighted by Crippen LogP contribution is 2.27. The molecule has 1 heterocycles. The fourth-order valence-corrected chi connectivity index (χ4v) is 6.34. The van der Waals surface area contributed by atoms with Gasteiger partial charge in [-0.15, -0.1) is 0 Å². The van der Waals surface area contributed by atoms with Gasteiger partial charge in [-0.2, -0.15) is 0 Å². The molecule has 0 aromatic carbocycles. The number of nitrogens with zero attached hydrogens (tertiary/aromatic N) is 2. The van der Waals surface area contributed by atoms with Crippen LogP contribution in [0.5, 0.6) is 0 Å². The normalized spacial score (nSPS) is 12.4. The fourth-order valence-electron chi connectivity index (χ4n) is 6.34. The van der Waals surface area contributed by atoms with E-state index < -0.39 is 0 Å². The van der Waals surface area contributed by atoms with Crippen LogP contribution in [0.1, 0.15) is 218 Å². The third kappa shape index (κ3) is 19.8. The Morgan fingerprint density at radius 1 is 0.513 bits per heavy atom. The molecule has 0 saturated heterocycles. The van der Waals surface area contributed by atoms with Crippen molar-refractivity contribution in [1.29, 1.82) is 0 Å². The minimum atomic E-state index is 0.690. The summed E-state index contributed by atoms with van der Waals surface area (Å²) in [5.41, 5.74) is 1.49. The Morgan fingerprint density at radius 3 is 1.26 bits per heavy atom. The molecule has 0 aliphatic heterocycles. The lowest BCUT2D eigenvalue weighted by Gasteiger charge is -2.16. The molecule has 0 aliphatic rings. The maximum absolute atomic E-state index is 4.86. The molecule has 39 heavy (non-hydrogen) atoms. The molecule has 1 unspecified atom stereocenters. The van der Waals surface area contributed by atoms with E-state index in [-0.39, 0.29) is 0 Å². The van der Waals surface area contributed by atoms with Crippen molar-refractivity contribution in [3.05, 3.63) is 17.7 Å². The summed E-state index contributed by atoms with van der Waals surface area (Å²) in [4.78, 5) is 4.86. The second-order valence-corrected chi connectivity index (χ2v) is 12.8. The van der Waals surface area contributed by atoms with Crippen LogP contribution in [0.4, 0.5) is 0 Å². The molecule has 1 aromatic rings. The number of aromatic nitrogens is 2. The molecule has 2 nitrogen and oxygen atoms in total. The summed E-state index contributed by atoms with van der Waals surface area (Å²) in [6.07, 6.45) is 43.1. The van der Waals surface area contributed by atoms with Crippen molar-refractivity contribution in [1.82, 2.24) is 9.55 Å². The van der Waals surface area contributed by atoms with Gasteiger partial charge in [-0.3, -0.25) is 0 Å². The van der Waals surface area contributed by atoms with Gasteiger partial charge in [0, 0.05) is 31.3 Å². The van der Waals surface area contributed by atoms with Crippen LogP contribution >= 0.6 is 0 Å². The Labute approximate surface area is 246 Å². The van der Waals surface area contributed by atoms with E-state index in [1.807, 2.05) is 0 Å². The second kappa shape index (κ2) is 27.4. The van der Waals surface area contributed by atoms with E-state index in [0.29, 0.717) is 5.92 Å². The summed E-state index contributed by atoms with van der Waals surface area (Å²) in [6, 6.07) is 0. The first-order chi connectivity index (χ1) is 19.2. The molecule has 1 rings (SSSR count). The number of imidazole rings is 1. The summed E-state index contributed by atoms with van der Waals surface area (Å²) in [7, 11) is 2.27. The van der Waals surface area contributed by atoms with Gasteiger partial charge < -0.3 is 4.57 Å². The maximum atomic E-state index is 4.86. The van der Waals surface area contributed by atoms with Crippen LogP contribution in [0.2, 0.25) is 0 Å². The van der Waals surface area contributed by atoms with Crippen LogP contribution in [0, 0.1) is 0 Å². The number of aryl methyl sites for hydroxylation is 1. The summed E-state index contributed by atoms with van der Waals surface area (Å²) in [6.45, 7) is 6.97. The van der Waals surface area contributed by atoms with Gasteiger partial charge in [-0.05, 0) is 19.3 Å². The second-order valence-electron chi connectivity index (χ2n) is 12.8. The minimum Gasteiger partial charge on any atom is -0.335 e. The quantitative estimate of drug-likeness (QED) is 0.0880. The van der Waals surface area contributed by atoms with E-state index in [9.17, 15) is 0 Å². The number of hydrogen-bond donors (Lipinski definition) is 0. The number of hydrogen-bond acceptors (Lipinski definition) is 1. The SMILES string of the molecule is CCCCCCCCCCCCCCCc1ncc(C(CC)CCCCCCCCCCCCCCC)n1C. The van der Waals surface area contributed by atoms with Gasteiger partial charge in [0.25, 0.3) is 0 Å². The first-order valence-electron chi connectivity index (χ1n) is 18.2. The standard InChI is InChI=1S/C37H72N2/c1-5-8-10-12-14-16-18-20-22-24-26-28-30-32-35(7-3)36-34-38-37(39(36)4)33-31-29-27-25-23-21-19-17-15-13-11-9-6-2/h34-35H,5-33H2,1-4H3. The predicted molar refractivity (Wildman–Crippen MR) is 176 cm³/mol. The van der Waals surface area contributed by atoms with Crippen LogP contribution in [-0.2, 0) is 13.5 Å². The monoisotopic (exact) mass is 545 g/mol. The number of rotatable bonds is 30. The zero-order chi connectivity index (χ0) is 28.2. The zero-order valence-electron chi connectivity index (χ0n) is 27.6. The maximum Gasteiger partial charge on any atom is 0.108 e. The van der Waals surface area contributed by atoms with E-state index in [1.165, 1.54) is 191 Å². The average Bonchev–Trinajstić information content (AvgIpc) is 3.31. The average molecular weight is 545 g/mol. The van der Waals surface area contributed by atoms with Crippen molar-refractivity contribution in [3.63, 3.8) is 0 Å². The lowest BCUT2D eigenvalue weighted by atomic mass is 9.95. The van der Waals surface area contributed by atoms with Gasteiger partial charge in [-0.25, -0.2) is 4.98 Å². The van der Waals surface area contributed by atoms with E-state index in [2.05, 4.69) is 38.6 Å². The molecule has 0 aliphatic carbocycles. The summed E-state index contributed by atoms with van der Waals surface area (Å²) in [5, 5.41) is 0. The Kier molecular flexibility index (Phi) is 25.4. The lowest BCUT2D eigenvalue weighted by Crippen LogP contribution is -2.07. The minimum absolute atomic E-state index is 0.690. The highest BCUT2D eigenvalue weighted by Gasteiger charge is 2.15. The summed E-state index contributed by atoms with van der Waals surface area (Å²) in [5.74, 6) is 2.01. The largest absolute Gasteiger partial charge is 0.335 e. The Morgan fingerprint density at radius 2 is 0.872 bits per heavy atom. The molecule has 1 aromatic heterocycles. The molecule has 0 radical (unpaired) electrons. The topological polar surface area (TPSA) is 17.8 Å². The van der Waals surface area contributed by atoms with Gasteiger partial charge in [0.05, 0.1) is 0 Å². The van der Waals surface area contributed by atoms with E-state index >= 15 is 0 Å². The predicted octanol–water partition coefficient (Wildman–Crippen LogP) is 13.0. The van der Waals surface area contributed by atoms with Gasteiger partial charge in [0.2, 0.25) is 0 Å². The van der Waals surface area contributed by atoms with Gasteiger partial charge in [0.15, 0.2) is 0 Å². The molecule has 0 fully saturated rings. The summed E-state index contributed by atoms with van der Waals surface area (Å²) >= 11 is 0. The van der Waals surface area contributed by atoms with Crippen LogP contribution in [0.25, 0.3) is 0 Å². The molecular weight excluding hydrogens is 472 g/mol. The smallest absolute Gasteiger partial charge is 0.108 e. The van der Waals surface area contributed by atoms with Crippen molar-refractivity contribution < 1.29 is 0 Å². The van der Waals surface area contributed by atoms with Crippen LogP contribution in [0.3, 0.4) is 0 Å². The van der Waals surface area contributed by atoms with Crippen molar-refractivity contribution in [3.8, 4) is 0 Å². The third-order valence-electron chi connectivity index (χ3n) is 9.19. The first-order valence-corrected chi connectivity index (χ1v) is 18.2. The van der Waals surface area contributed by atoms with E-state index in [0.717, 1.165) is 6.42 Å². The van der Waals surface area contributed by atoms with Crippen LogP contribution in [0.15, 0.2) is 6.20 Å². The molecule has 0 N–H and O–H groups in total. The van der Waals surface area contributed by atoms with Crippen molar-refractivity contribution >= 4 is 0 Å². The molecule has 1 atom stereocenters. The molecule has 0 saturated carbocycles. The first kappa shape index (κ1) is 36.2. The molecule has 2 heteroatoms. The van der Waals surface area contributed by atoms with Crippen LogP contribution < -0.4 is 0 Å². The Bertz CT molecular complexity index is 619. The molecular formula is C37H72N2. The highest BCUT2D eigenvalue weighted by atomic mass is 15.1.